The van der Waals surface area contributed by atoms with Gasteiger partial charge in [0, 0.05) is 17.5 Å². The Morgan fingerprint density at radius 3 is 2.94 bits per heavy atom. The maximum Gasteiger partial charge on any atom is 0.137 e. The second-order valence-electron chi connectivity index (χ2n) is 4.02. The van der Waals surface area contributed by atoms with Gasteiger partial charge in [-0.05, 0) is 25.0 Å². The number of methoxy groups -OCH3 is 1. The van der Waals surface area contributed by atoms with E-state index in [0.29, 0.717) is 6.04 Å². The molecule has 1 aromatic carbocycles. The first-order valence-corrected chi connectivity index (χ1v) is 5.42. The molecule has 0 saturated heterocycles. The molecule has 1 fully saturated rings. The minimum atomic E-state index is 0.597. The highest BCUT2D eigenvalue weighted by atomic mass is 16.5. The number of benzene rings is 1. The van der Waals surface area contributed by atoms with Crippen molar-refractivity contribution in [2.75, 3.05) is 12.4 Å². The summed E-state index contributed by atoms with van der Waals surface area (Å²) in [5, 5.41) is 4.46. The van der Waals surface area contributed by atoms with E-state index < -0.39 is 0 Å². The molecule has 4 heteroatoms. The van der Waals surface area contributed by atoms with Crippen LogP contribution in [-0.4, -0.2) is 23.1 Å². The molecule has 2 aromatic rings. The third kappa shape index (κ3) is 1.66. The van der Waals surface area contributed by atoms with Crippen LogP contribution in [0.4, 0.5) is 5.82 Å². The first-order chi connectivity index (χ1) is 7.86. The second kappa shape index (κ2) is 3.63. The highest BCUT2D eigenvalue weighted by Gasteiger charge is 2.22. The SMILES string of the molecule is COc1ccc2c(NC3CC3)ncnc2c1. The Morgan fingerprint density at radius 2 is 2.19 bits per heavy atom. The molecule has 0 aliphatic heterocycles. The van der Waals surface area contributed by atoms with Gasteiger partial charge in [-0.2, -0.15) is 0 Å². The summed E-state index contributed by atoms with van der Waals surface area (Å²) in [4.78, 5) is 8.53. The highest BCUT2D eigenvalue weighted by Crippen LogP contribution is 2.28. The molecule has 1 aliphatic carbocycles. The van der Waals surface area contributed by atoms with Gasteiger partial charge < -0.3 is 10.1 Å². The van der Waals surface area contributed by atoms with E-state index in [1.807, 2.05) is 18.2 Å². The molecule has 0 atom stereocenters. The van der Waals surface area contributed by atoms with Crippen molar-refractivity contribution in [2.45, 2.75) is 18.9 Å². The third-order valence-electron chi connectivity index (χ3n) is 2.76. The van der Waals surface area contributed by atoms with E-state index in [0.717, 1.165) is 22.5 Å². The van der Waals surface area contributed by atoms with Crippen molar-refractivity contribution in [2.24, 2.45) is 0 Å². The van der Waals surface area contributed by atoms with E-state index in [4.69, 9.17) is 4.74 Å². The lowest BCUT2D eigenvalue weighted by Gasteiger charge is -2.07. The standard InChI is InChI=1S/C12H13N3O/c1-16-9-4-5-10-11(6-9)13-7-14-12(10)15-8-2-3-8/h4-8H,2-3H2,1H3,(H,13,14,15). The predicted octanol–water partition coefficient (Wildman–Crippen LogP) is 2.21. The van der Waals surface area contributed by atoms with Crippen LogP contribution in [0.1, 0.15) is 12.8 Å². The summed E-state index contributed by atoms with van der Waals surface area (Å²) in [5.74, 6) is 1.75. The molecule has 3 rings (SSSR count). The van der Waals surface area contributed by atoms with E-state index in [-0.39, 0.29) is 0 Å². The van der Waals surface area contributed by atoms with Gasteiger partial charge in [0.15, 0.2) is 0 Å². The molecule has 1 aliphatic rings. The van der Waals surface area contributed by atoms with E-state index >= 15 is 0 Å². The minimum Gasteiger partial charge on any atom is -0.497 e. The second-order valence-corrected chi connectivity index (χ2v) is 4.02. The van der Waals surface area contributed by atoms with Crippen LogP contribution in [0.2, 0.25) is 0 Å². The molecule has 0 spiro atoms. The molecule has 1 aromatic heterocycles. The first-order valence-electron chi connectivity index (χ1n) is 5.42. The molecule has 1 saturated carbocycles. The van der Waals surface area contributed by atoms with Gasteiger partial charge in [0.25, 0.3) is 0 Å². The lowest BCUT2D eigenvalue weighted by Crippen LogP contribution is -2.03. The van der Waals surface area contributed by atoms with Crippen molar-refractivity contribution in [3.63, 3.8) is 0 Å². The third-order valence-corrected chi connectivity index (χ3v) is 2.76. The molecule has 1 N–H and O–H groups in total. The molecular weight excluding hydrogens is 202 g/mol. The molecule has 0 unspecified atom stereocenters. The number of nitrogens with one attached hydrogen (secondary N) is 1. The average molecular weight is 215 g/mol. The number of hydrogen-bond donors (Lipinski definition) is 1. The Balaban J connectivity index is 2.07. The van der Waals surface area contributed by atoms with Gasteiger partial charge >= 0.3 is 0 Å². The van der Waals surface area contributed by atoms with Gasteiger partial charge in [-0.25, -0.2) is 9.97 Å². The molecule has 82 valence electrons. The molecule has 0 radical (unpaired) electrons. The Hall–Kier alpha value is -1.84. The van der Waals surface area contributed by atoms with Crippen LogP contribution < -0.4 is 10.1 Å². The van der Waals surface area contributed by atoms with Gasteiger partial charge in [-0.15, -0.1) is 0 Å². The maximum absolute atomic E-state index is 5.17. The average Bonchev–Trinajstić information content (AvgIpc) is 3.13. The van der Waals surface area contributed by atoms with Gasteiger partial charge in [-0.1, -0.05) is 0 Å². The van der Waals surface area contributed by atoms with Crippen molar-refractivity contribution in [1.29, 1.82) is 0 Å². The molecular formula is C12H13N3O. The van der Waals surface area contributed by atoms with Gasteiger partial charge in [-0.3, -0.25) is 0 Å². The fourth-order valence-corrected chi connectivity index (χ4v) is 1.70. The predicted molar refractivity (Wildman–Crippen MR) is 62.7 cm³/mol. The zero-order chi connectivity index (χ0) is 11.0. The fraction of sp³-hybridized carbons (Fsp3) is 0.333. The van der Waals surface area contributed by atoms with E-state index in [1.54, 1.807) is 13.4 Å². The zero-order valence-electron chi connectivity index (χ0n) is 9.10. The smallest absolute Gasteiger partial charge is 0.137 e. The lowest BCUT2D eigenvalue weighted by molar-refractivity contribution is 0.415. The van der Waals surface area contributed by atoms with Crippen LogP contribution in [0.25, 0.3) is 10.9 Å². The van der Waals surface area contributed by atoms with E-state index in [1.165, 1.54) is 12.8 Å². The zero-order valence-corrected chi connectivity index (χ0v) is 9.10. The topological polar surface area (TPSA) is 47.0 Å². The lowest BCUT2D eigenvalue weighted by atomic mass is 10.2. The number of hydrogen-bond acceptors (Lipinski definition) is 4. The van der Waals surface area contributed by atoms with Crippen LogP contribution in [0, 0.1) is 0 Å². The highest BCUT2D eigenvalue weighted by molar-refractivity contribution is 5.89. The van der Waals surface area contributed by atoms with Crippen LogP contribution in [0.15, 0.2) is 24.5 Å². The van der Waals surface area contributed by atoms with Crippen LogP contribution in [-0.2, 0) is 0 Å². The first kappa shape index (κ1) is 9.39. The van der Waals surface area contributed by atoms with Crippen molar-refractivity contribution in [3.05, 3.63) is 24.5 Å². The maximum atomic E-state index is 5.17. The summed E-state index contributed by atoms with van der Waals surface area (Å²) in [5.41, 5.74) is 0.914. The van der Waals surface area contributed by atoms with Crippen LogP contribution in [0.3, 0.4) is 0 Å². The van der Waals surface area contributed by atoms with E-state index in [9.17, 15) is 0 Å². The normalized spacial score (nSPS) is 15.1. The van der Waals surface area contributed by atoms with Crippen LogP contribution >= 0.6 is 0 Å². The summed E-state index contributed by atoms with van der Waals surface area (Å²) < 4.78 is 5.17. The summed E-state index contributed by atoms with van der Waals surface area (Å²) in [6, 6.07) is 6.46. The Kier molecular flexibility index (Phi) is 2.13. The summed E-state index contributed by atoms with van der Waals surface area (Å²) >= 11 is 0. The molecule has 0 bridgehead atoms. The number of rotatable bonds is 3. The van der Waals surface area contributed by atoms with Crippen molar-refractivity contribution in [3.8, 4) is 5.75 Å². The van der Waals surface area contributed by atoms with Gasteiger partial charge in [0.1, 0.15) is 17.9 Å². The fourth-order valence-electron chi connectivity index (χ4n) is 1.70. The van der Waals surface area contributed by atoms with Gasteiger partial charge in [0.05, 0.1) is 12.6 Å². The minimum absolute atomic E-state index is 0.597. The van der Waals surface area contributed by atoms with Crippen molar-refractivity contribution in [1.82, 2.24) is 9.97 Å². The summed E-state index contributed by atoms with van der Waals surface area (Å²) in [6.07, 6.45) is 4.07. The van der Waals surface area contributed by atoms with Crippen molar-refractivity contribution < 1.29 is 4.74 Å². The molecule has 4 nitrogen and oxygen atoms in total. The number of nitrogens with zero attached hydrogens (tertiary/aromatic N) is 2. The number of ether oxygens (including phenoxy) is 1. The van der Waals surface area contributed by atoms with E-state index in [2.05, 4.69) is 15.3 Å². The van der Waals surface area contributed by atoms with Crippen molar-refractivity contribution >= 4 is 16.7 Å². The van der Waals surface area contributed by atoms with Crippen LogP contribution in [0.5, 0.6) is 5.75 Å². The molecule has 0 amide bonds. The number of anilines is 1. The summed E-state index contributed by atoms with van der Waals surface area (Å²) in [6.45, 7) is 0. The largest absolute Gasteiger partial charge is 0.497 e. The Bertz CT molecular complexity index is 523. The summed E-state index contributed by atoms with van der Waals surface area (Å²) in [7, 11) is 1.66. The Labute approximate surface area is 93.7 Å². The van der Waals surface area contributed by atoms with Gasteiger partial charge in [0.2, 0.25) is 0 Å². The molecule has 1 heterocycles. The quantitative estimate of drug-likeness (QED) is 0.852. The Morgan fingerprint density at radius 1 is 1.31 bits per heavy atom. The number of aromatic nitrogens is 2. The number of fused-ring (bicyclic) bond motifs is 1. The monoisotopic (exact) mass is 215 g/mol. The molecule has 16 heavy (non-hydrogen) atoms.